The van der Waals surface area contributed by atoms with Crippen molar-refractivity contribution in [1.29, 1.82) is 5.26 Å². The number of rotatable bonds is 3. The van der Waals surface area contributed by atoms with Gasteiger partial charge in [-0.25, -0.2) is 13.8 Å². The first-order chi connectivity index (χ1) is 7.11. The molecule has 0 unspecified atom stereocenters. The molecule has 15 heavy (non-hydrogen) atoms. The Morgan fingerprint density at radius 2 is 2.33 bits per heavy atom. The fourth-order valence-electron chi connectivity index (χ4n) is 1.17. The van der Waals surface area contributed by atoms with Crippen LogP contribution in [0.2, 0.25) is 5.15 Å². The lowest BCUT2D eigenvalue weighted by molar-refractivity contribution is 0.146. The van der Waals surface area contributed by atoms with Gasteiger partial charge in [-0.2, -0.15) is 5.26 Å². The lowest BCUT2D eigenvalue weighted by Crippen LogP contribution is -2.00. The molecular weight excluding hydrogens is 226 g/mol. The second kappa shape index (κ2) is 4.89. The summed E-state index contributed by atoms with van der Waals surface area (Å²) in [6.45, 7) is 0. The zero-order chi connectivity index (χ0) is 11.4. The minimum atomic E-state index is -2.78. The first-order valence-electron chi connectivity index (χ1n) is 3.98. The predicted octanol–water partition coefficient (Wildman–Crippen LogP) is 2.75. The van der Waals surface area contributed by atoms with E-state index in [2.05, 4.69) is 4.98 Å². The highest BCUT2D eigenvalue weighted by Crippen LogP contribution is 2.36. The fourth-order valence-corrected chi connectivity index (χ4v) is 1.39. The molecule has 1 heterocycles. The van der Waals surface area contributed by atoms with Crippen LogP contribution in [0.15, 0.2) is 6.20 Å². The van der Waals surface area contributed by atoms with Gasteiger partial charge in [-0.15, -0.1) is 0 Å². The molecule has 0 amide bonds. The van der Waals surface area contributed by atoms with Crippen molar-refractivity contribution in [3.8, 4) is 11.8 Å². The van der Waals surface area contributed by atoms with Gasteiger partial charge in [-0.05, 0) is 0 Å². The van der Waals surface area contributed by atoms with Gasteiger partial charge in [0.1, 0.15) is 10.9 Å². The number of aromatic nitrogens is 1. The number of pyridine rings is 1. The molecule has 0 saturated heterocycles. The quantitative estimate of drug-likeness (QED) is 0.753. The van der Waals surface area contributed by atoms with E-state index < -0.39 is 12.0 Å². The Kier molecular flexibility index (Phi) is 3.81. The van der Waals surface area contributed by atoms with E-state index in [0.29, 0.717) is 5.56 Å². The van der Waals surface area contributed by atoms with E-state index in [9.17, 15) is 8.78 Å². The first-order valence-corrected chi connectivity index (χ1v) is 4.36. The summed E-state index contributed by atoms with van der Waals surface area (Å²) in [6.07, 6.45) is -1.57. The molecule has 0 aromatic carbocycles. The summed E-state index contributed by atoms with van der Waals surface area (Å²) in [5.41, 5.74) is -0.161. The highest BCUT2D eigenvalue weighted by atomic mass is 35.5. The molecule has 0 aliphatic rings. The van der Waals surface area contributed by atoms with Crippen LogP contribution < -0.4 is 4.74 Å². The fraction of sp³-hybridized carbons (Fsp3) is 0.333. The summed E-state index contributed by atoms with van der Waals surface area (Å²) >= 11 is 5.52. The van der Waals surface area contributed by atoms with Crippen LogP contribution in [0.4, 0.5) is 8.78 Å². The molecule has 1 aromatic heterocycles. The van der Waals surface area contributed by atoms with Crippen molar-refractivity contribution < 1.29 is 13.5 Å². The topological polar surface area (TPSA) is 45.9 Å². The maximum absolute atomic E-state index is 12.6. The van der Waals surface area contributed by atoms with Crippen molar-refractivity contribution in [2.75, 3.05) is 7.11 Å². The third-order valence-electron chi connectivity index (χ3n) is 1.78. The second-order valence-corrected chi connectivity index (χ2v) is 3.01. The van der Waals surface area contributed by atoms with Crippen molar-refractivity contribution >= 4 is 11.6 Å². The largest absolute Gasteiger partial charge is 0.496 e. The molecule has 0 saturated carbocycles. The average Bonchev–Trinajstić information content (AvgIpc) is 2.19. The number of hydrogen-bond donors (Lipinski definition) is 0. The molecule has 0 spiro atoms. The molecule has 0 aliphatic heterocycles. The molecule has 0 radical (unpaired) electrons. The van der Waals surface area contributed by atoms with E-state index in [4.69, 9.17) is 21.6 Å². The molecule has 0 atom stereocenters. The zero-order valence-electron chi connectivity index (χ0n) is 7.80. The smallest absolute Gasteiger partial charge is 0.270 e. The van der Waals surface area contributed by atoms with E-state index >= 15 is 0 Å². The van der Waals surface area contributed by atoms with Crippen LogP contribution in [0.25, 0.3) is 0 Å². The molecule has 0 bridgehead atoms. The van der Waals surface area contributed by atoms with Crippen molar-refractivity contribution in [2.24, 2.45) is 0 Å². The summed E-state index contributed by atoms with van der Waals surface area (Å²) in [7, 11) is 1.25. The van der Waals surface area contributed by atoms with Gasteiger partial charge in [0.2, 0.25) is 0 Å². The van der Waals surface area contributed by atoms with Gasteiger partial charge in [0, 0.05) is 11.8 Å². The maximum atomic E-state index is 12.6. The lowest BCUT2D eigenvalue weighted by atomic mass is 10.1. The van der Waals surface area contributed by atoms with Crippen LogP contribution in [-0.2, 0) is 6.42 Å². The SMILES string of the molecule is COc1c(CC#N)cnc(Cl)c1C(F)F. The number of nitriles is 1. The molecular formula is C9H7ClF2N2O. The minimum Gasteiger partial charge on any atom is -0.496 e. The van der Waals surface area contributed by atoms with Crippen LogP contribution in [-0.4, -0.2) is 12.1 Å². The van der Waals surface area contributed by atoms with Gasteiger partial charge < -0.3 is 4.74 Å². The Hall–Kier alpha value is -1.41. The number of alkyl halides is 2. The molecule has 1 aromatic rings. The molecule has 0 N–H and O–H groups in total. The van der Waals surface area contributed by atoms with E-state index in [1.54, 1.807) is 0 Å². The Labute approximate surface area is 90.3 Å². The van der Waals surface area contributed by atoms with E-state index in [0.717, 1.165) is 0 Å². The number of hydrogen-bond acceptors (Lipinski definition) is 3. The van der Waals surface area contributed by atoms with Gasteiger partial charge in [-0.3, -0.25) is 0 Å². The van der Waals surface area contributed by atoms with Gasteiger partial charge in [0.25, 0.3) is 6.43 Å². The van der Waals surface area contributed by atoms with Crippen LogP contribution in [0.3, 0.4) is 0 Å². The highest BCUT2D eigenvalue weighted by molar-refractivity contribution is 6.30. The van der Waals surface area contributed by atoms with Crippen molar-refractivity contribution in [3.63, 3.8) is 0 Å². The number of ether oxygens (including phenoxy) is 1. The van der Waals surface area contributed by atoms with Crippen LogP contribution in [0.5, 0.6) is 5.75 Å². The third-order valence-corrected chi connectivity index (χ3v) is 2.09. The maximum Gasteiger partial charge on any atom is 0.270 e. The summed E-state index contributed by atoms with van der Waals surface area (Å²) in [6, 6.07) is 1.84. The first kappa shape index (κ1) is 11.7. The number of methoxy groups -OCH3 is 1. The van der Waals surface area contributed by atoms with Gasteiger partial charge in [-0.1, -0.05) is 11.6 Å². The normalized spacial score (nSPS) is 10.1. The highest BCUT2D eigenvalue weighted by Gasteiger charge is 2.22. The monoisotopic (exact) mass is 232 g/mol. The minimum absolute atomic E-state index is 0.0485. The average molecular weight is 233 g/mol. The Morgan fingerprint density at radius 1 is 1.67 bits per heavy atom. The van der Waals surface area contributed by atoms with Crippen LogP contribution >= 0.6 is 11.6 Å². The van der Waals surface area contributed by atoms with E-state index in [-0.39, 0.29) is 17.3 Å². The molecule has 3 nitrogen and oxygen atoms in total. The summed E-state index contributed by atoms with van der Waals surface area (Å²) < 4.78 is 30.0. The summed E-state index contributed by atoms with van der Waals surface area (Å²) in [4.78, 5) is 3.58. The van der Waals surface area contributed by atoms with Crippen LogP contribution in [0.1, 0.15) is 17.6 Å². The summed E-state index contributed by atoms with van der Waals surface area (Å²) in [5, 5.41) is 8.18. The Balaban J connectivity index is 3.34. The second-order valence-electron chi connectivity index (χ2n) is 2.66. The van der Waals surface area contributed by atoms with Crippen molar-refractivity contribution in [2.45, 2.75) is 12.8 Å². The van der Waals surface area contributed by atoms with Crippen LogP contribution in [0, 0.1) is 11.3 Å². The summed E-state index contributed by atoms with van der Waals surface area (Å²) in [5.74, 6) is -0.0634. The van der Waals surface area contributed by atoms with Gasteiger partial charge >= 0.3 is 0 Å². The van der Waals surface area contributed by atoms with E-state index in [1.165, 1.54) is 13.3 Å². The van der Waals surface area contributed by atoms with E-state index in [1.807, 2.05) is 6.07 Å². The van der Waals surface area contributed by atoms with Crippen molar-refractivity contribution in [3.05, 3.63) is 22.5 Å². The Bertz CT molecular complexity index is 404. The predicted molar refractivity (Wildman–Crippen MR) is 50.1 cm³/mol. The third kappa shape index (κ3) is 2.34. The molecule has 6 heteroatoms. The van der Waals surface area contributed by atoms with Gasteiger partial charge in [0.05, 0.1) is 25.2 Å². The molecule has 1 rings (SSSR count). The number of halogens is 3. The number of nitrogens with zero attached hydrogens (tertiary/aromatic N) is 2. The molecule has 0 aliphatic carbocycles. The lowest BCUT2D eigenvalue weighted by Gasteiger charge is -2.11. The van der Waals surface area contributed by atoms with Crippen molar-refractivity contribution in [1.82, 2.24) is 4.98 Å². The van der Waals surface area contributed by atoms with Gasteiger partial charge in [0.15, 0.2) is 0 Å². The Morgan fingerprint density at radius 3 is 2.80 bits per heavy atom. The molecule has 0 fully saturated rings. The zero-order valence-corrected chi connectivity index (χ0v) is 8.55. The standard InChI is InChI=1S/C9H7ClF2N2O/c1-15-7-5(2-3-13)4-14-8(10)6(7)9(11)12/h4,9H,2H2,1H3. The molecule has 80 valence electrons.